The minimum absolute atomic E-state index is 0.169. The molecule has 0 aliphatic heterocycles. The highest BCUT2D eigenvalue weighted by molar-refractivity contribution is 5.27. The molecular formula is C13H18FN. The molecule has 2 rings (SSSR count). The van der Waals surface area contributed by atoms with Gasteiger partial charge in [0, 0.05) is 11.1 Å². The lowest BCUT2D eigenvalue weighted by molar-refractivity contribution is 0.334. The maximum Gasteiger partial charge on any atom is 0.128 e. The first-order valence-corrected chi connectivity index (χ1v) is 5.47. The van der Waals surface area contributed by atoms with Crippen LogP contribution in [-0.4, -0.2) is 0 Å². The molecule has 1 aliphatic carbocycles. The summed E-state index contributed by atoms with van der Waals surface area (Å²) in [6, 6.07) is 6.88. The quantitative estimate of drug-likeness (QED) is 0.752. The molecular weight excluding hydrogens is 189 g/mol. The van der Waals surface area contributed by atoms with Crippen LogP contribution in [-0.2, 0) is 5.54 Å². The van der Waals surface area contributed by atoms with E-state index < -0.39 is 5.54 Å². The van der Waals surface area contributed by atoms with E-state index in [2.05, 4.69) is 13.8 Å². The van der Waals surface area contributed by atoms with Crippen LogP contribution < -0.4 is 5.73 Å². The monoisotopic (exact) mass is 207 g/mol. The predicted octanol–water partition coefficient (Wildman–Crippen LogP) is 3.19. The van der Waals surface area contributed by atoms with Crippen molar-refractivity contribution in [3.63, 3.8) is 0 Å². The van der Waals surface area contributed by atoms with Gasteiger partial charge in [-0.1, -0.05) is 32.0 Å². The van der Waals surface area contributed by atoms with Crippen LogP contribution in [0.25, 0.3) is 0 Å². The van der Waals surface area contributed by atoms with E-state index in [0.717, 1.165) is 19.3 Å². The van der Waals surface area contributed by atoms with E-state index in [4.69, 9.17) is 5.73 Å². The second kappa shape index (κ2) is 3.31. The standard InChI is InChI=1S/C13H18FN/c1-12(2)7-8-13(15,9-12)10-5-3-4-6-11(10)14/h3-6H,7-9,15H2,1-2H3. The highest BCUT2D eigenvalue weighted by Gasteiger charge is 2.42. The maximum absolute atomic E-state index is 13.7. The van der Waals surface area contributed by atoms with Crippen LogP contribution >= 0.6 is 0 Å². The summed E-state index contributed by atoms with van der Waals surface area (Å²) >= 11 is 0. The van der Waals surface area contributed by atoms with Gasteiger partial charge in [-0.15, -0.1) is 0 Å². The molecule has 1 aliphatic rings. The summed E-state index contributed by atoms with van der Waals surface area (Å²) in [6.45, 7) is 4.39. The predicted molar refractivity (Wildman–Crippen MR) is 59.9 cm³/mol. The average Bonchev–Trinajstić information content (AvgIpc) is 2.42. The number of benzene rings is 1. The maximum atomic E-state index is 13.7. The fourth-order valence-electron chi connectivity index (χ4n) is 2.69. The molecule has 0 bridgehead atoms. The van der Waals surface area contributed by atoms with Crippen LogP contribution in [0, 0.1) is 11.2 Å². The van der Waals surface area contributed by atoms with Gasteiger partial charge in [0.05, 0.1) is 0 Å². The Kier molecular flexibility index (Phi) is 2.34. The van der Waals surface area contributed by atoms with Crippen molar-refractivity contribution in [3.8, 4) is 0 Å². The molecule has 15 heavy (non-hydrogen) atoms. The fourth-order valence-corrected chi connectivity index (χ4v) is 2.69. The van der Waals surface area contributed by atoms with Crippen molar-refractivity contribution >= 4 is 0 Å². The molecule has 0 heterocycles. The molecule has 2 N–H and O–H groups in total. The van der Waals surface area contributed by atoms with Gasteiger partial charge in [0.1, 0.15) is 5.82 Å². The SMILES string of the molecule is CC1(C)CCC(N)(c2ccccc2F)C1. The van der Waals surface area contributed by atoms with Gasteiger partial charge in [0.15, 0.2) is 0 Å². The summed E-state index contributed by atoms with van der Waals surface area (Å²) in [5.74, 6) is -0.169. The van der Waals surface area contributed by atoms with Gasteiger partial charge in [-0.3, -0.25) is 0 Å². The summed E-state index contributed by atoms with van der Waals surface area (Å²) in [7, 11) is 0. The Morgan fingerprint density at radius 3 is 2.40 bits per heavy atom. The van der Waals surface area contributed by atoms with Crippen molar-refractivity contribution < 1.29 is 4.39 Å². The molecule has 0 radical (unpaired) electrons. The third kappa shape index (κ3) is 1.91. The first kappa shape index (κ1) is 10.6. The summed E-state index contributed by atoms with van der Waals surface area (Å²) in [4.78, 5) is 0. The Bertz CT molecular complexity index is 373. The highest BCUT2D eigenvalue weighted by atomic mass is 19.1. The molecule has 0 amide bonds. The smallest absolute Gasteiger partial charge is 0.128 e. The van der Waals surface area contributed by atoms with Gasteiger partial charge in [0.25, 0.3) is 0 Å². The van der Waals surface area contributed by atoms with E-state index in [-0.39, 0.29) is 11.2 Å². The zero-order valence-electron chi connectivity index (χ0n) is 9.39. The molecule has 2 heteroatoms. The van der Waals surface area contributed by atoms with Crippen LogP contribution in [0.4, 0.5) is 4.39 Å². The number of nitrogens with two attached hydrogens (primary N) is 1. The van der Waals surface area contributed by atoms with Crippen molar-refractivity contribution in [2.75, 3.05) is 0 Å². The Morgan fingerprint density at radius 1 is 1.20 bits per heavy atom. The molecule has 1 fully saturated rings. The normalized spacial score (nSPS) is 29.3. The fraction of sp³-hybridized carbons (Fsp3) is 0.538. The van der Waals surface area contributed by atoms with Gasteiger partial charge < -0.3 is 5.73 Å². The minimum Gasteiger partial charge on any atom is -0.321 e. The number of halogens is 1. The zero-order chi connectivity index (χ0) is 11.1. The summed E-state index contributed by atoms with van der Waals surface area (Å²) in [5.41, 5.74) is 6.76. The van der Waals surface area contributed by atoms with Crippen molar-refractivity contribution in [1.82, 2.24) is 0 Å². The van der Waals surface area contributed by atoms with E-state index in [1.807, 2.05) is 12.1 Å². The topological polar surface area (TPSA) is 26.0 Å². The molecule has 0 aromatic heterocycles. The molecule has 0 spiro atoms. The van der Waals surface area contributed by atoms with Crippen molar-refractivity contribution in [2.24, 2.45) is 11.1 Å². The van der Waals surface area contributed by atoms with Crippen LogP contribution in [0.1, 0.15) is 38.7 Å². The van der Waals surface area contributed by atoms with Crippen molar-refractivity contribution in [3.05, 3.63) is 35.6 Å². The van der Waals surface area contributed by atoms with Crippen LogP contribution in [0.15, 0.2) is 24.3 Å². The number of hydrogen-bond acceptors (Lipinski definition) is 1. The average molecular weight is 207 g/mol. The summed E-state index contributed by atoms with van der Waals surface area (Å²) < 4.78 is 13.7. The Hall–Kier alpha value is -0.890. The lowest BCUT2D eigenvalue weighted by Crippen LogP contribution is -2.35. The molecule has 1 aromatic carbocycles. The van der Waals surface area contributed by atoms with Gasteiger partial charge >= 0.3 is 0 Å². The molecule has 1 nitrogen and oxygen atoms in total. The van der Waals surface area contributed by atoms with Crippen LogP contribution in [0.2, 0.25) is 0 Å². The van der Waals surface area contributed by atoms with Gasteiger partial charge in [-0.25, -0.2) is 4.39 Å². The highest BCUT2D eigenvalue weighted by Crippen LogP contribution is 2.47. The zero-order valence-corrected chi connectivity index (χ0v) is 9.39. The Labute approximate surface area is 90.5 Å². The number of rotatable bonds is 1. The molecule has 1 aromatic rings. The third-order valence-corrected chi connectivity index (χ3v) is 3.45. The van der Waals surface area contributed by atoms with E-state index in [9.17, 15) is 4.39 Å². The largest absolute Gasteiger partial charge is 0.321 e. The second-order valence-electron chi connectivity index (χ2n) is 5.48. The lowest BCUT2D eigenvalue weighted by atomic mass is 9.84. The third-order valence-electron chi connectivity index (χ3n) is 3.45. The second-order valence-corrected chi connectivity index (χ2v) is 5.48. The van der Waals surface area contributed by atoms with Crippen LogP contribution in [0.5, 0.6) is 0 Å². The Balaban J connectivity index is 2.36. The first-order valence-electron chi connectivity index (χ1n) is 5.47. The van der Waals surface area contributed by atoms with Crippen molar-refractivity contribution in [1.29, 1.82) is 0 Å². The molecule has 1 unspecified atom stereocenters. The molecule has 0 saturated heterocycles. The van der Waals surface area contributed by atoms with E-state index >= 15 is 0 Å². The minimum atomic E-state index is -0.463. The molecule has 1 atom stereocenters. The summed E-state index contributed by atoms with van der Waals surface area (Å²) in [6.07, 6.45) is 2.81. The van der Waals surface area contributed by atoms with Gasteiger partial charge in [0.2, 0.25) is 0 Å². The molecule has 82 valence electrons. The van der Waals surface area contributed by atoms with Gasteiger partial charge in [-0.05, 0) is 30.7 Å². The first-order chi connectivity index (χ1) is 6.93. The number of hydrogen-bond donors (Lipinski definition) is 1. The van der Waals surface area contributed by atoms with Crippen LogP contribution in [0.3, 0.4) is 0 Å². The van der Waals surface area contributed by atoms with E-state index in [0.29, 0.717) is 5.56 Å². The lowest BCUT2D eigenvalue weighted by Gasteiger charge is -2.27. The van der Waals surface area contributed by atoms with E-state index in [1.54, 1.807) is 6.07 Å². The van der Waals surface area contributed by atoms with Gasteiger partial charge in [-0.2, -0.15) is 0 Å². The molecule has 1 saturated carbocycles. The Morgan fingerprint density at radius 2 is 1.87 bits per heavy atom. The van der Waals surface area contributed by atoms with Crippen molar-refractivity contribution in [2.45, 2.75) is 38.6 Å². The van der Waals surface area contributed by atoms with E-state index in [1.165, 1.54) is 6.07 Å². The summed E-state index contributed by atoms with van der Waals surface area (Å²) in [5, 5.41) is 0.